The van der Waals surface area contributed by atoms with Gasteiger partial charge < -0.3 is 5.11 Å². The molecule has 0 bridgehead atoms. The highest BCUT2D eigenvalue weighted by atomic mass is 79.9. The molecule has 0 radical (unpaired) electrons. The van der Waals surface area contributed by atoms with E-state index in [1.807, 2.05) is 6.92 Å². The molecule has 112 valence electrons. The molecule has 0 saturated heterocycles. The number of halogens is 1. The lowest BCUT2D eigenvalue weighted by Gasteiger charge is -2.09. The van der Waals surface area contributed by atoms with Gasteiger partial charge >= 0.3 is 5.97 Å². The molecule has 0 aromatic heterocycles. The number of carboxylic acids is 1. The Hall–Kier alpha value is -0.920. The monoisotopic (exact) mass is 363 g/mol. The van der Waals surface area contributed by atoms with Crippen LogP contribution in [-0.2, 0) is 14.8 Å². The van der Waals surface area contributed by atoms with Gasteiger partial charge in [0.1, 0.15) is 0 Å². The van der Waals surface area contributed by atoms with Crippen molar-refractivity contribution in [3.8, 4) is 0 Å². The van der Waals surface area contributed by atoms with Crippen molar-refractivity contribution in [2.24, 2.45) is 5.92 Å². The predicted molar refractivity (Wildman–Crippen MR) is 80.1 cm³/mol. The Labute approximate surface area is 127 Å². The average molecular weight is 364 g/mol. The summed E-state index contributed by atoms with van der Waals surface area (Å²) in [6.07, 6.45) is 0.930. The van der Waals surface area contributed by atoms with Gasteiger partial charge in [0, 0.05) is 11.0 Å². The number of hydrogen-bond acceptors (Lipinski definition) is 3. The van der Waals surface area contributed by atoms with E-state index in [9.17, 15) is 13.2 Å². The molecule has 7 heteroatoms. The van der Waals surface area contributed by atoms with E-state index >= 15 is 0 Å². The third-order valence-electron chi connectivity index (χ3n) is 2.97. The molecule has 1 rings (SSSR count). The van der Waals surface area contributed by atoms with Crippen LogP contribution in [0.1, 0.15) is 25.3 Å². The number of carboxylic acid groups (broad SMARTS) is 1. The zero-order chi connectivity index (χ0) is 15.3. The third-order valence-corrected chi connectivity index (χ3v) is 5.32. The Bertz CT molecular complexity index is 586. The van der Waals surface area contributed by atoms with Gasteiger partial charge in [-0.3, -0.25) is 4.79 Å². The number of aryl methyl sites for hydroxylation is 1. The minimum Gasteiger partial charge on any atom is -0.481 e. The molecule has 0 aliphatic carbocycles. The second kappa shape index (κ2) is 7.19. The molecule has 1 unspecified atom stereocenters. The van der Waals surface area contributed by atoms with Gasteiger partial charge in [0.05, 0.1) is 10.8 Å². The average Bonchev–Trinajstić information content (AvgIpc) is 2.37. The number of carbonyl (C=O) groups is 1. The molecule has 1 atom stereocenters. The third kappa shape index (κ3) is 4.88. The van der Waals surface area contributed by atoms with Gasteiger partial charge in [-0.2, -0.15) is 0 Å². The maximum Gasteiger partial charge on any atom is 0.306 e. The second-order valence-corrected chi connectivity index (χ2v) is 7.31. The minimum atomic E-state index is -3.54. The number of aliphatic carboxylic acids is 1. The van der Waals surface area contributed by atoms with E-state index in [4.69, 9.17) is 5.11 Å². The first-order valence-corrected chi connectivity index (χ1v) is 8.50. The second-order valence-electron chi connectivity index (χ2n) is 4.69. The summed E-state index contributed by atoms with van der Waals surface area (Å²) in [5.74, 6) is -1.33. The van der Waals surface area contributed by atoms with Crippen LogP contribution in [0.4, 0.5) is 0 Å². The molecule has 0 amide bonds. The molecule has 0 aliphatic rings. The maximum atomic E-state index is 12.0. The van der Waals surface area contributed by atoms with Crippen molar-refractivity contribution in [1.82, 2.24) is 4.72 Å². The summed E-state index contributed by atoms with van der Waals surface area (Å²) in [5.41, 5.74) is 0.840. The first-order chi connectivity index (χ1) is 9.24. The van der Waals surface area contributed by atoms with Gasteiger partial charge in [-0.15, -0.1) is 0 Å². The van der Waals surface area contributed by atoms with Crippen molar-refractivity contribution >= 4 is 31.9 Å². The molecule has 2 N–H and O–H groups in total. The fourth-order valence-electron chi connectivity index (χ4n) is 1.61. The largest absolute Gasteiger partial charge is 0.481 e. The highest BCUT2D eigenvalue weighted by Crippen LogP contribution is 2.19. The number of nitrogens with one attached hydrogen (secondary N) is 1. The zero-order valence-corrected chi connectivity index (χ0v) is 13.8. The van der Waals surface area contributed by atoms with Crippen molar-refractivity contribution in [2.45, 2.75) is 31.6 Å². The van der Waals surface area contributed by atoms with Gasteiger partial charge in [0.15, 0.2) is 0 Å². The molecule has 0 heterocycles. The topological polar surface area (TPSA) is 83.5 Å². The molecular weight excluding hydrogens is 346 g/mol. The Morgan fingerprint density at radius 1 is 1.45 bits per heavy atom. The van der Waals surface area contributed by atoms with Crippen LogP contribution in [0.3, 0.4) is 0 Å². The van der Waals surface area contributed by atoms with E-state index < -0.39 is 21.9 Å². The van der Waals surface area contributed by atoms with E-state index in [1.165, 1.54) is 6.07 Å². The Morgan fingerprint density at radius 2 is 2.10 bits per heavy atom. The van der Waals surface area contributed by atoms with Crippen LogP contribution in [0.2, 0.25) is 0 Å². The molecule has 5 nitrogen and oxygen atoms in total. The first kappa shape index (κ1) is 17.1. The fraction of sp³-hybridized carbons (Fsp3) is 0.462. The lowest BCUT2D eigenvalue weighted by Crippen LogP contribution is -2.25. The lowest BCUT2D eigenvalue weighted by molar-refractivity contribution is -0.141. The van der Waals surface area contributed by atoms with E-state index in [1.54, 1.807) is 19.1 Å². The Balaban J connectivity index is 2.58. The van der Waals surface area contributed by atoms with Crippen LogP contribution in [0.15, 0.2) is 27.6 Å². The molecule has 1 aromatic rings. The van der Waals surface area contributed by atoms with Crippen LogP contribution in [0.5, 0.6) is 0 Å². The smallest absolute Gasteiger partial charge is 0.306 e. The number of benzene rings is 1. The quantitative estimate of drug-likeness (QED) is 0.729. The Kier molecular flexibility index (Phi) is 6.16. The summed E-state index contributed by atoms with van der Waals surface area (Å²) in [6.45, 7) is 3.65. The van der Waals surface area contributed by atoms with Crippen LogP contribution < -0.4 is 4.72 Å². The lowest BCUT2D eigenvalue weighted by atomic mass is 10.1. The summed E-state index contributed by atoms with van der Waals surface area (Å²) >= 11 is 3.32. The van der Waals surface area contributed by atoms with Crippen molar-refractivity contribution in [3.05, 3.63) is 28.2 Å². The number of sulfonamides is 1. The SMILES string of the molecule is Cc1cc(S(=O)(=O)NCCCC(C)C(=O)O)ccc1Br. The van der Waals surface area contributed by atoms with E-state index in [2.05, 4.69) is 20.7 Å². The summed E-state index contributed by atoms with van der Waals surface area (Å²) in [7, 11) is -3.54. The molecule has 1 aromatic carbocycles. The first-order valence-electron chi connectivity index (χ1n) is 6.22. The van der Waals surface area contributed by atoms with Crippen molar-refractivity contribution in [3.63, 3.8) is 0 Å². The van der Waals surface area contributed by atoms with Gasteiger partial charge in [0.25, 0.3) is 0 Å². The summed E-state index contributed by atoms with van der Waals surface area (Å²) in [6, 6.07) is 4.81. The summed E-state index contributed by atoms with van der Waals surface area (Å²) in [4.78, 5) is 10.9. The molecule has 20 heavy (non-hydrogen) atoms. The molecular formula is C13H18BrNO4S. The Morgan fingerprint density at radius 3 is 2.65 bits per heavy atom. The maximum absolute atomic E-state index is 12.0. The van der Waals surface area contributed by atoms with Crippen LogP contribution >= 0.6 is 15.9 Å². The minimum absolute atomic E-state index is 0.212. The van der Waals surface area contributed by atoms with E-state index in [0.717, 1.165) is 10.0 Å². The zero-order valence-electron chi connectivity index (χ0n) is 11.4. The molecule has 0 saturated carbocycles. The van der Waals surface area contributed by atoms with Crippen molar-refractivity contribution < 1.29 is 18.3 Å². The summed E-state index contributed by atoms with van der Waals surface area (Å²) in [5, 5.41) is 8.73. The van der Waals surface area contributed by atoms with Gasteiger partial charge in [-0.05, 0) is 43.5 Å². The van der Waals surface area contributed by atoms with Crippen molar-refractivity contribution in [2.75, 3.05) is 6.54 Å². The highest BCUT2D eigenvalue weighted by molar-refractivity contribution is 9.10. The van der Waals surface area contributed by atoms with Crippen molar-refractivity contribution in [1.29, 1.82) is 0 Å². The van der Waals surface area contributed by atoms with E-state index in [0.29, 0.717) is 12.8 Å². The molecule has 0 spiro atoms. The van der Waals surface area contributed by atoms with E-state index in [-0.39, 0.29) is 11.4 Å². The molecule has 0 fully saturated rings. The molecule has 0 aliphatic heterocycles. The predicted octanol–water partition coefficient (Wildman–Crippen LogP) is 2.54. The van der Waals surface area contributed by atoms with Crippen LogP contribution in [0, 0.1) is 12.8 Å². The highest BCUT2D eigenvalue weighted by Gasteiger charge is 2.15. The van der Waals surface area contributed by atoms with Gasteiger partial charge in [-0.25, -0.2) is 13.1 Å². The number of rotatable bonds is 7. The van der Waals surface area contributed by atoms with Gasteiger partial charge in [0.2, 0.25) is 10.0 Å². The number of hydrogen-bond donors (Lipinski definition) is 2. The van der Waals surface area contributed by atoms with Crippen LogP contribution in [-0.4, -0.2) is 26.0 Å². The standard InChI is InChI=1S/C13H18BrNO4S/c1-9(13(16)17)4-3-7-15-20(18,19)11-5-6-12(14)10(2)8-11/h5-6,8-9,15H,3-4,7H2,1-2H3,(H,16,17). The fourth-order valence-corrected chi connectivity index (χ4v) is 3.01. The van der Waals surface area contributed by atoms with Crippen LogP contribution in [0.25, 0.3) is 0 Å². The van der Waals surface area contributed by atoms with Gasteiger partial charge in [-0.1, -0.05) is 22.9 Å². The summed E-state index contributed by atoms with van der Waals surface area (Å²) < 4.78 is 27.4. The normalized spacial score (nSPS) is 13.2.